The Kier molecular flexibility index (Phi) is 3.38. The molecule has 0 radical (unpaired) electrons. The summed E-state index contributed by atoms with van der Waals surface area (Å²) in [5.74, 6) is -0.152. The molecule has 0 aliphatic carbocycles. The van der Waals surface area contributed by atoms with Gasteiger partial charge in [0, 0.05) is 0 Å². The molecule has 0 amide bonds. The molecule has 0 bridgehead atoms. The number of halogens is 1. The van der Waals surface area contributed by atoms with Gasteiger partial charge in [-0.3, -0.25) is 14.2 Å². The molecule has 0 unspecified atom stereocenters. The molecule has 3 aromatic rings. The second kappa shape index (κ2) is 5.19. The van der Waals surface area contributed by atoms with Gasteiger partial charge < -0.3 is 0 Å². The van der Waals surface area contributed by atoms with Crippen LogP contribution in [-0.4, -0.2) is 15.3 Å². The summed E-state index contributed by atoms with van der Waals surface area (Å²) in [6.07, 6.45) is 1.40. The average Bonchev–Trinajstić information content (AvgIpc) is 2.89. The second-order valence-corrected chi connectivity index (χ2v) is 5.94. The lowest BCUT2D eigenvalue weighted by molar-refractivity contribution is 0.0974. The van der Waals surface area contributed by atoms with Gasteiger partial charge >= 0.3 is 0 Å². The maximum atomic E-state index is 12.2. The standard InChI is InChI=1S/C14H9ClN2O2S/c15-13-6-5-12(20-13)11(18)7-17-8-16-10-4-2-1-3-9(10)14(17)19/h1-6,8H,7H2. The van der Waals surface area contributed by atoms with Crippen LogP contribution in [0.15, 0.2) is 47.5 Å². The van der Waals surface area contributed by atoms with Crippen molar-refractivity contribution in [3.63, 3.8) is 0 Å². The lowest BCUT2D eigenvalue weighted by atomic mass is 10.2. The minimum Gasteiger partial charge on any atom is -0.291 e. The van der Waals surface area contributed by atoms with Crippen LogP contribution in [-0.2, 0) is 6.54 Å². The quantitative estimate of drug-likeness (QED) is 0.699. The van der Waals surface area contributed by atoms with Crippen LogP contribution in [0.2, 0.25) is 4.34 Å². The first-order valence-corrected chi connectivity index (χ1v) is 7.07. The van der Waals surface area contributed by atoms with E-state index in [1.165, 1.54) is 22.2 Å². The zero-order chi connectivity index (χ0) is 14.1. The molecule has 6 heteroatoms. The van der Waals surface area contributed by atoms with Gasteiger partial charge in [-0.05, 0) is 24.3 Å². The van der Waals surface area contributed by atoms with Crippen LogP contribution in [0.3, 0.4) is 0 Å². The highest BCUT2D eigenvalue weighted by atomic mass is 35.5. The molecule has 3 rings (SSSR count). The molecular formula is C14H9ClN2O2S. The summed E-state index contributed by atoms with van der Waals surface area (Å²) in [6.45, 7) is -0.0342. The van der Waals surface area contributed by atoms with Gasteiger partial charge in [-0.15, -0.1) is 11.3 Å². The molecule has 0 spiro atoms. The summed E-state index contributed by atoms with van der Waals surface area (Å²) in [4.78, 5) is 29.0. The van der Waals surface area contributed by atoms with Crippen LogP contribution in [0.5, 0.6) is 0 Å². The van der Waals surface area contributed by atoms with Gasteiger partial charge in [0.15, 0.2) is 5.78 Å². The molecule has 0 atom stereocenters. The van der Waals surface area contributed by atoms with E-state index in [1.807, 2.05) is 6.07 Å². The Morgan fingerprint density at radius 3 is 2.80 bits per heavy atom. The van der Waals surface area contributed by atoms with E-state index >= 15 is 0 Å². The van der Waals surface area contributed by atoms with Gasteiger partial charge in [-0.1, -0.05) is 23.7 Å². The smallest absolute Gasteiger partial charge is 0.261 e. The van der Waals surface area contributed by atoms with E-state index < -0.39 is 0 Å². The molecule has 100 valence electrons. The van der Waals surface area contributed by atoms with Crippen molar-refractivity contribution in [2.45, 2.75) is 6.54 Å². The summed E-state index contributed by atoms with van der Waals surface area (Å²) in [6, 6.07) is 10.4. The third kappa shape index (κ3) is 2.37. The first-order valence-electron chi connectivity index (χ1n) is 5.88. The SMILES string of the molecule is O=C(Cn1cnc2ccccc2c1=O)c1ccc(Cl)s1. The van der Waals surface area contributed by atoms with Crippen molar-refractivity contribution >= 4 is 39.6 Å². The summed E-state index contributed by atoms with van der Waals surface area (Å²) < 4.78 is 1.87. The number of benzene rings is 1. The number of hydrogen-bond acceptors (Lipinski definition) is 4. The van der Waals surface area contributed by atoms with Crippen molar-refractivity contribution in [2.24, 2.45) is 0 Å². The molecule has 2 aromatic heterocycles. The number of fused-ring (bicyclic) bond motifs is 1. The Morgan fingerprint density at radius 2 is 2.05 bits per heavy atom. The summed E-state index contributed by atoms with van der Waals surface area (Å²) >= 11 is 7.01. The number of rotatable bonds is 3. The van der Waals surface area contributed by atoms with E-state index in [9.17, 15) is 9.59 Å². The zero-order valence-corrected chi connectivity index (χ0v) is 11.8. The van der Waals surface area contributed by atoms with Gasteiger partial charge in [0.1, 0.15) is 0 Å². The fraction of sp³-hybridized carbons (Fsp3) is 0.0714. The number of carbonyl (C=O) groups excluding carboxylic acids is 1. The van der Waals surface area contributed by atoms with Crippen LogP contribution in [0.25, 0.3) is 10.9 Å². The zero-order valence-electron chi connectivity index (χ0n) is 10.2. The normalized spacial score (nSPS) is 10.8. The molecule has 2 heterocycles. The fourth-order valence-corrected chi connectivity index (χ4v) is 2.89. The van der Waals surface area contributed by atoms with Gasteiger partial charge in [0.05, 0.1) is 33.0 Å². The summed E-state index contributed by atoms with van der Waals surface area (Å²) in [5, 5.41) is 0.506. The van der Waals surface area contributed by atoms with Gasteiger partial charge in [0.2, 0.25) is 0 Å². The first kappa shape index (κ1) is 13.0. The molecule has 0 N–H and O–H groups in total. The van der Waals surface area contributed by atoms with Crippen molar-refractivity contribution in [3.05, 3.63) is 62.3 Å². The number of hydrogen-bond donors (Lipinski definition) is 0. The lowest BCUT2D eigenvalue weighted by Gasteiger charge is -2.04. The number of thiophene rings is 1. The Hall–Kier alpha value is -1.98. The minimum atomic E-state index is -0.216. The van der Waals surface area contributed by atoms with Crippen molar-refractivity contribution < 1.29 is 4.79 Å². The van der Waals surface area contributed by atoms with Crippen molar-refractivity contribution in [1.29, 1.82) is 0 Å². The van der Waals surface area contributed by atoms with Crippen molar-refractivity contribution in [3.8, 4) is 0 Å². The van der Waals surface area contributed by atoms with Crippen LogP contribution in [0.1, 0.15) is 9.67 Å². The Bertz CT molecular complexity index is 854. The van der Waals surface area contributed by atoms with Gasteiger partial charge in [0.25, 0.3) is 5.56 Å². The molecule has 0 fully saturated rings. The first-order chi connectivity index (χ1) is 9.65. The van der Waals surface area contributed by atoms with E-state index in [0.29, 0.717) is 20.1 Å². The molecule has 0 aliphatic rings. The largest absolute Gasteiger partial charge is 0.291 e. The van der Waals surface area contributed by atoms with Crippen LogP contribution < -0.4 is 5.56 Å². The van der Waals surface area contributed by atoms with E-state index in [2.05, 4.69) is 4.98 Å². The molecule has 0 aliphatic heterocycles. The number of para-hydroxylation sites is 1. The number of aromatic nitrogens is 2. The number of carbonyl (C=O) groups is 1. The monoisotopic (exact) mass is 304 g/mol. The lowest BCUT2D eigenvalue weighted by Crippen LogP contribution is -2.24. The Morgan fingerprint density at radius 1 is 1.25 bits per heavy atom. The fourth-order valence-electron chi connectivity index (χ4n) is 1.92. The molecule has 4 nitrogen and oxygen atoms in total. The Labute approximate surface area is 123 Å². The van der Waals surface area contributed by atoms with E-state index in [1.54, 1.807) is 30.3 Å². The molecule has 1 aromatic carbocycles. The average molecular weight is 305 g/mol. The predicted molar refractivity (Wildman–Crippen MR) is 79.7 cm³/mol. The topological polar surface area (TPSA) is 52.0 Å². The van der Waals surface area contributed by atoms with Crippen molar-refractivity contribution in [1.82, 2.24) is 9.55 Å². The summed E-state index contributed by atoms with van der Waals surface area (Å²) in [7, 11) is 0. The minimum absolute atomic E-state index is 0.0342. The van der Waals surface area contributed by atoms with E-state index in [0.717, 1.165) is 0 Å². The maximum absolute atomic E-state index is 12.2. The van der Waals surface area contributed by atoms with Gasteiger partial charge in [-0.2, -0.15) is 0 Å². The number of ketones is 1. The maximum Gasteiger partial charge on any atom is 0.261 e. The van der Waals surface area contributed by atoms with E-state index in [-0.39, 0.29) is 17.9 Å². The third-order valence-electron chi connectivity index (χ3n) is 2.89. The molecule has 0 saturated heterocycles. The van der Waals surface area contributed by atoms with Crippen LogP contribution >= 0.6 is 22.9 Å². The Balaban J connectivity index is 1.97. The van der Waals surface area contributed by atoms with Crippen molar-refractivity contribution in [2.75, 3.05) is 0 Å². The number of Topliss-reactive ketones (excluding diaryl/α,β-unsaturated/α-hetero) is 1. The molecule has 20 heavy (non-hydrogen) atoms. The predicted octanol–water partition coefficient (Wildman–Crippen LogP) is 2.99. The highest BCUT2D eigenvalue weighted by Gasteiger charge is 2.11. The molecular weight excluding hydrogens is 296 g/mol. The third-order valence-corrected chi connectivity index (χ3v) is 4.17. The second-order valence-electron chi connectivity index (χ2n) is 4.22. The highest BCUT2D eigenvalue weighted by Crippen LogP contribution is 2.22. The van der Waals surface area contributed by atoms with Crippen LogP contribution in [0.4, 0.5) is 0 Å². The van der Waals surface area contributed by atoms with Crippen LogP contribution in [0, 0.1) is 0 Å². The summed E-state index contributed by atoms with van der Waals surface area (Å²) in [5.41, 5.74) is 0.409. The van der Waals surface area contributed by atoms with Gasteiger partial charge in [-0.25, -0.2) is 4.98 Å². The van der Waals surface area contributed by atoms with E-state index in [4.69, 9.17) is 11.6 Å². The highest BCUT2D eigenvalue weighted by molar-refractivity contribution is 7.18. The molecule has 0 saturated carbocycles. The number of nitrogens with zero attached hydrogens (tertiary/aromatic N) is 2.